The molecule has 1 amide bonds. The molecule has 0 bridgehead atoms. The van der Waals surface area contributed by atoms with Gasteiger partial charge >= 0.3 is 0 Å². The maximum Gasteiger partial charge on any atom is 0.253 e. The quantitative estimate of drug-likeness (QED) is 0.754. The highest BCUT2D eigenvalue weighted by Crippen LogP contribution is 2.08. The van der Waals surface area contributed by atoms with Crippen molar-refractivity contribution < 1.29 is 9.53 Å². The molecule has 0 radical (unpaired) electrons. The molecule has 1 fully saturated rings. The highest BCUT2D eigenvalue weighted by Gasteiger charge is 2.21. The Hall–Kier alpha value is -1.39. The van der Waals surface area contributed by atoms with Crippen molar-refractivity contribution >= 4 is 5.91 Å². The van der Waals surface area contributed by atoms with Gasteiger partial charge in [-0.3, -0.25) is 9.69 Å². The highest BCUT2D eigenvalue weighted by atomic mass is 16.5. The van der Waals surface area contributed by atoms with E-state index in [9.17, 15) is 4.79 Å². The van der Waals surface area contributed by atoms with Crippen molar-refractivity contribution in [2.24, 2.45) is 0 Å². The van der Waals surface area contributed by atoms with Crippen molar-refractivity contribution in [2.45, 2.75) is 6.92 Å². The monoisotopic (exact) mass is 262 g/mol. The van der Waals surface area contributed by atoms with Crippen molar-refractivity contribution in [1.29, 1.82) is 0 Å². The van der Waals surface area contributed by atoms with Crippen LogP contribution in [0, 0.1) is 0 Å². The van der Waals surface area contributed by atoms with Gasteiger partial charge in [0.15, 0.2) is 0 Å². The predicted molar refractivity (Wildman–Crippen MR) is 75.3 cm³/mol. The first-order valence-electron chi connectivity index (χ1n) is 6.95. The van der Waals surface area contributed by atoms with Crippen molar-refractivity contribution in [3.05, 3.63) is 35.9 Å². The lowest BCUT2D eigenvalue weighted by Gasteiger charge is -2.34. The minimum Gasteiger partial charge on any atom is -0.380 e. The van der Waals surface area contributed by atoms with Crippen LogP contribution >= 0.6 is 0 Å². The van der Waals surface area contributed by atoms with E-state index >= 15 is 0 Å². The summed E-state index contributed by atoms with van der Waals surface area (Å²) in [5.74, 6) is 0.144. The predicted octanol–water partition coefficient (Wildman–Crippen LogP) is 1.48. The standard InChI is InChI=1S/C15H22N2O2/c1-2-19-13-12-16-8-10-17(11-9-16)15(18)14-6-4-3-5-7-14/h3-7H,2,8-13H2,1H3. The molecule has 2 rings (SSSR count). The normalized spacial score (nSPS) is 16.6. The molecule has 4 heteroatoms. The van der Waals surface area contributed by atoms with Crippen molar-refractivity contribution in [3.63, 3.8) is 0 Å². The fourth-order valence-electron chi connectivity index (χ4n) is 2.28. The zero-order valence-electron chi connectivity index (χ0n) is 11.5. The number of carbonyl (C=O) groups is 1. The molecule has 0 N–H and O–H groups in total. The first-order chi connectivity index (χ1) is 9.31. The fourth-order valence-corrected chi connectivity index (χ4v) is 2.28. The summed E-state index contributed by atoms with van der Waals surface area (Å²) < 4.78 is 5.36. The third-order valence-corrected chi connectivity index (χ3v) is 3.44. The molecule has 0 atom stereocenters. The van der Waals surface area contributed by atoms with Crippen LogP contribution in [0.5, 0.6) is 0 Å². The summed E-state index contributed by atoms with van der Waals surface area (Å²) in [6.07, 6.45) is 0. The van der Waals surface area contributed by atoms with Gasteiger partial charge in [-0.1, -0.05) is 18.2 Å². The van der Waals surface area contributed by atoms with Gasteiger partial charge < -0.3 is 9.64 Å². The van der Waals surface area contributed by atoms with Crippen LogP contribution in [0.25, 0.3) is 0 Å². The minimum atomic E-state index is 0.144. The van der Waals surface area contributed by atoms with Crippen LogP contribution in [0.15, 0.2) is 30.3 Å². The molecule has 0 spiro atoms. The largest absolute Gasteiger partial charge is 0.380 e. The Balaban J connectivity index is 1.78. The molecule has 104 valence electrons. The summed E-state index contributed by atoms with van der Waals surface area (Å²) in [5, 5.41) is 0. The number of rotatable bonds is 5. The van der Waals surface area contributed by atoms with E-state index in [2.05, 4.69) is 4.90 Å². The summed E-state index contributed by atoms with van der Waals surface area (Å²) in [6, 6.07) is 9.51. The van der Waals surface area contributed by atoms with Crippen LogP contribution in [-0.4, -0.2) is 61.6 Å². The maximum atomic E-state index is 12.2. The Labute approximate surface area is 115 Å². The van der Waals surface area contributed by atoms with E-state index in [-0.39, 0.29) is 5.91 Å². The van der Waals surface area contributed by atoms with Gasteiger partial charge in [0, 0.05) is 44.9 Å². The van der Waals surface area contributed by atoms with Crippen molar-refractivity contribution in [3.8, 4) is 0 Å². The van der Waals surface area contributed by atoms with E-state index < -0.39 is 0 Å². The Morgan fingerprint density at radius 2 is 1.84 bits per heavy atom. The minimum absolute atomic E-state index is 0.144. The van der Waals surface area contributed by atoms with Crippen LogP contribution in [0.4, 0.5) is 0 Å². The number of hydrogen-bond donors (Lipinski definition) is 0. The molecule has 0 saturated carbocycles. The van der Waals surface area contributed by atoms with E-state index in [1.165, 1.54) is 0 Å². The zero-order chi connectivity index (χ0) is 13.5. The molecule has 4 nitrogen and oxygen atoms in total. The number of nitrogens with zero attached hydrogens (tertiary/aromatic N) is 2. The Bertz CT molecular complexity index is 386. The number of amides is 1. The van der Waals surface area contributed by atoms with Crippen LogP contribution in [0.3, 0.4) is 0 Å². The van der Waals surface area contributed by atoms with Gasteiger partial charge in [0.05, 0.1) is 6.61 Å². The fraction of sp³-hybridized carbons (Fsp3) is 0.533. The Morgan fingerprint density at radius 1 is 1.16 bits per heavy atom. The first-order valence-corrected chi connectivity index (χ1v) is 6.95. The zero-order valence-corrected chi connectivity index (χ0v) is 11.5. The SMILES string of the molecule is CCOCCN1CCN(C(=O)c2ccccc2)CC1. The lowest BCUT2D eigenvalue weighted by atomic mass is 10.2. The van der Waals surface area contributed by atoms with E-state index in [0.29, 0.717) is 0 Å². The summed E-state index contributed by atoms with van der Waals surface area (Å²) in [7, 11) is 0. The second kappa shape index (κ2) is 7.26. The van der Waals surface area contributed by atoms with E-state index in [1.807, 2.05) is 42.2 Å². The van der Waals surface area contributed by atoms with Crippen LogP contribution < -0.4 is 0 Å². The average molecular weight is 262 g/mol. The number of piperazine rings is 1. The van der Waals surface area contributed by atoms with Crippen LogP contribution in [-0.2, 0) is 4.74 Å². The van der Waals surface area contributed by atoms with E-state index in [1.54, 1.807) is 0 Å². The number of ether oxygens (including phenoxy) is 1. The summed E-state index contributed by atoms with van der Waals surface area (Å²) >= 11 is 0. The molecular formula is C15H22N2O2. The first kappa shape index (κ1) is 14.0. The second-order valence-corrected chi connectivity index (χ2v) is 4.70. The molecule has 0 aliphatic carbocycles. The Kier molecular flexibility index (Phi) is 5.36. The molecule has 0 unspecified atom stereocenters. The molecule has 1 aromatic rings. The molecule has 1 aliphatic rings. The van der Waals surface area contributed by atoms with E-state index in [0.717, 1.165) is 51.5 Å². The molecule has 1 aliphatic heterocycles. The topological polar surface area (TPSA) is 32.8 Å². The van der Waals surface area contributed by atoms with Gasteiger partial charge in [-0.15, -0.1) is 0 Å². The van der Waals surface area contributed by atoms with Crippen molar-refractivity contribution in [1.82, 2.24) is 9.80 Å². The third-order valence-electron chi connectivity index (χ3n) is 3.44. The summed E-state index contributed by atoms with van der Waals surface area (Å²) in [5.41, 5.74) is 0.783. The third kappa shape index (κ3) is 4.04. The summed E-state index contributed by atoms with van der Waals surface area (Å²) in [4.78, 5) is 16.5. The summed E-state index contributed by atoms with van der Waals surface area (Å²) in [6.45, 7) is 8.00. The smallest absolute Gasteiger partial charge is 0.253 e. The van der Waals surface area contributed by atoms with Gasteiger partial charge in [-0.2, -0.15) is 0 Å². The lowest BCUT2D eigenvalue weighted by Crippen LogP contribution is -2.49. The molecule has 19 heavy (non-hydrogen) atoms. The molecule has 1 aromatic carbocycles. The number of hydrogen-bond acceptors (Lipinski definition) is 3. The van der Waals surface area contributed by atoms with Gasteiger partial charge in [-0.25, -0.2) is 0 Å². The van der Waals surface area contributed by atoms with Gasteiger partial charge in [0.1, 0.15) is 0 Å². The second-order valence-electron chi connectivity index (χ2n) is 4.70. The lowest BCUT2D eigenvalue weighted by molar-refractivity contribution is 0.0565. The van der Waals surface area contributed by atoms with Gasteiger partial charge in [0.2, 0.25) is 0 Å². The molecular weight excluding hydrogens is 240 g/mol. The van der Waals surface area contributed by atoms with Crippen LogP contribution in [0.1, 0.15) is 17.3 Å². The number of carbonyl (C=O) groups excluding carboxylic acids is 1. The maximum absolute atomic E-state index is 12.2. The Morgan fingerprint density at radius 3 is 2.47 bits per heavy atom. The van der Waals surface area contributed by atoms with Gasteiger partial charge in [0.25, 0.3) is 5.91 Å². The van der Waals surface area contributed by atoms with E-state index in [4.69, 9.17) is 4.74 Å². The van der Waals surface area contributed by atoms with Crippen LogP contribution in [0.2, 0.25) is 0 Å². The van der Waals surface area contributed by atoms with Gasteiger partial charge in [-0.05, 0) is 19.1 Å². The average Bonchev–Trinajstić information content (AvgIpc) is 2.48. The van der Waals surface area contributed by atoms with Crippen molar-refractivity contribution in [2.75, 3.05) is 45.9 Å². The molecule has 1 saturated heterocycles. The number of benzene rings is 1. The molecule has 0 aromatic heterocycles. The highest BCUT2D eigenvalue weighted by molar-refractivity contribution is 5.94. The molecule has 1 heterocycles.